The lowest BCUT2D eigenvalue weighted by molar-refractivity contribution is -0.164. The highest BCUT2D eigenvalue weighted by atomic mass is 79.9. The molecular weight excluding hydrogens is 286 g/mol. The molecule has 92 valence electrons. The number of aliphatic hydroxyl groups is 1. The van der Waals surface area contributed by atoms with Crippen molar-refractivity contribution in [2.45, 2.75) is 6.92 Å². The Bertz CT molecular complexity index is 438. The molecule has 1 saturated heterocycles. The van der Waals surface area contributed by atoms with Crippen molar-refractivity contribution in [1.29, 1.82) is 0 Å². The Morgan fingerprint density at radius 2 is 2.29 bits per heavy atom. The quantitative estimate of drug-likeness (QED) is 0.893. The number of carbonyl (C=O) groups excluding carboxylic acids is 1. The van der Waals surface area contributed by atoms with E-state index >= 15 is 0 Å². The fourth-order valence-electron chi connectivity index (χ4n) is 1.63. The van der Waals surface area contributed by atoms with Gasteiger partial charge in [0.1, 0.15) is 5.41 Å². The van der Waals surface area contributed by atoms with Crippen LogP contribution in [0.3, 0.4) is 0 Å². The largest absolute Gasteiger partial charge is 0.395 e. The number of aryl methyl sites for hydroxylation is 1. The average Bonchev–Trinajstić information content (AvgIpc) is 2.23. The van der Waals surface area contributed by atoms with Gasteiger partial charge >= 0.3 is 0 Å². The molecule has 4 nitrogen and oxygen atoms in total. The van der Waals surface area contributed by atoms with E-state index in [0.29, 0.717) is 0 Å². The van der Waals surface area contributed by atoms with Gasteiger partial charge in [0.05, 0.1) is 19.8 Å². The Balaban J connectivity index is 2.10. The highest BCUT2D eigenvalue weighted by Crippen LogP contribution is 2.29. The minimum Gasteiger partial charge on any atom is -0.395 e. The van der Waals surface area contributed by atoms with Gasteiger partial charge < -0.3 is 15.2 Å². The summed E-state index contributed by atoms with van der Waals surface area (Å²) >= 11 is 3.40. The molecule has 1 aliphatic rings. The van der Waals surface area contributed by atoms with Crippen LogP contribution in [0, 0.1) is 12.3 Å². The number of hydrogen-bond donors (Lipinski definition) is 2. The van der Waals surface area contributed by atoms with Crippen molar-refractivity contribution in [3.63, 3.8) is 0 Å². The molecule has 0 unspecified atom stereocenters. The van der Waals surface area contributed by atoms with E-state index in [1.54, 1.807) is 0 Å². The van der Waals surface area contributed by atoms with Crippen molar-refractivity contribution in [3.05, 3.63) is 28.2 Å². The highest BCUT2D eigenvalue weighted by molar-refractivity contribution is 9.10. The van der Waals surface area contributed by atoms with Gasteiger partial charge in [0.25, 0.3) is 0 Å². The van der Waals surface area contributed by atoms with Crippen LogP contribution >= 0.6 is 15.9 Å². The molecule has 0 spiro atoms. The fourth-order valence-corrected chi connectivity index (χ4v) is 1.88. The summed E-state index contributed by atoms with van der Waals surface area (Å²) in [4.78, 5) is 12.0. The van der Waals surface area contributed by atoms with Gasteiger partial charge in [-0.2, -0.15) is 0 Å². The molecule has 2 rings (SSSR count). The molecule has 0 aliphatic carbocycles. The standard InChI is InChI=1S/C12H14BrNO3/c1-8-4-9(2-3-10(8)13)14-11(16)12(5-15)6-17-7-12/h2-4,15H,5-7H2,1H3,(H,14,16). The molecule has 0 atom stereocenters. The lowest BCUT2D eigenvalue weighted by Crippen LogP contribution is -2.54. The van der Waals surface area contributed by atoms with Crippen LogP contribution in [0.1, 0.15) is 5.56 Å². The SMILES string of the molecule is Cc1cc(NC(=O)C2(CO)COC2)ccc1Br. The van der Waals surface area contributed by atoms with E-state index in [0.717, 1.165) is 15.7 Å². The zero-order valence-electron chi connectivity index (χ0n) is 9.50. The number of amides is 1. The molecule has 5 heteroatoms. The van der Waals surface area contributed by atoms with Crippen LogP contribution in [0.2, 0.25) is 0 Å². The zero-order valence-corrected chi connectivity index (χ0v) is 11.1. The molecule has 0 aromatic heterocycles. The van der Waals surface area contributed by atoms with Gasteiger partial charge in [0.2, 0.25) is 5.91 Å². The second-order valence-corrected chi connectivity index (χ2v) is 5.20. The van der Waals surface area contributed by atoms with Crippen molar-refractivity contribution in [1.82, 2.24) is 0 Å². The number of halogens is 1. The summed E-state index contributed by atoms with van der Waals surface area (Å²) in [5.41, 5.74) is 1.02. The molecule has 0 saturated carbocycles. The Kier molecular flexibility index (Phi) is 3.51. The van der Waals surface area contributed by atoms with E-state index in [1.165, 1.54) is 0 Å². The molecule has 1 amide bonds. The minimum absolute atomic E-state index is 0.186. The van der Waals surface area contributed by atoms with Crippen LogP contribution in [0.15, 0.2) is 22.7 Å². The maximum atomic E-state index is 12.0. The number of anilines is 1. The third-order valence-corrected chi connectivity index (χ3v) is 3.85. The summed E-state index contributed by atoms with van der Waals surface area (Å²) in [6.07, 6.45) is 0. The van der Waals surface area contributed by atoms with Crippen LogP contribution < -0.4 is 5.32 Å². The number of carbonyl (C=O) groups is 1. The molecule has 1 aliphatic heterocycles. The van der Waals surface area contributed by atoms with E-state index < -0.39 is 5.41 Å². The topological polar surface area (TPSA) is 58.6 Å². The predicted molar refractivity (Wildman–Crippen MR) is 67.8 cm³/mol. The zero-order chi connectivity index (χ0) is 12.5. The number of aliphatic hydroxyl groups excluding tert-OH is 1. The van der Waals surface area contributed by atoms with Gasteiger partial charge in [-0.25, -0.2) is 0 Å². The van der Waals surface area contributed by atoms with E-state index in [-0.39, 0.29) is 25.7 Å². The van der Waals surface area contributed by atoms with Crippen LogP contribution in [0.5, 0.6) is 0 Å². The molecule has 0 bridgehead atoms. The lowest BCUT2D eigenvalue weighted by Gasteiger charge is -2.38. The van der Waals surface area contributed by atoms with Crippen LogP contribution in [-0.4, -0.2) is 30.8 Å². The van der Waals surface area contributed by atoms with Gasteiger partial charge in [0.15, 0.2) is 0 Å². The second-order valence-electron chi connectivity index (χ2n) is 4.35. The van der Waals surface area contributed by atoms with Crippen LogP contribution in [0.25, 0.3) is 0 Å². The highest BCUT2D eigenvalue weighted by Gasteiger charge is 2.45. The van der Waals surface area contributed by atoms with Crippen molar-refractivity contribution in [2.24, 2.45) is 5.41 Å². The van der Waals surface area contributed by atoms with Gasteiger partial charge in [-0.15, -0.1) is 0 Å². The first-order valence-corrected chi connectivity index (χ1v) is 6.13. The van der Waals surface area contributed by atoms with E-state index in [9.17, 15) is 9.90 Å². The van der Waals surface area contributed by atoms with Crippen molar-refractivity contribution in [2.75, 3.05) is 25.1 Å². The minimum atomic E-state index is -0.763. The molecule has 1 aromatic rings. The molecule has 0 radical (unpaired) electrons. The van der Waals surface area contributed by atoms with Crippen molar-refractivity contribution in [3.8, 4) is 0 Å². The monoisotopic (exact) mass is 299 g/mol. The molecule has 2 N–H and O–H groups in total. The third-order valence-electron chi connectivity index (χ3n) is 2.96. The summed E-state index contributed by atoms with van der Waals surface area (Å²) in [5, 5.41) is 12.0. The van der Waals surface area contributed by atoms with Gasteiger partial charge in [0, 0.05) is 10.2 Å². The summed E-state index contributed by atoms with van der Waals surface area (Å²) in [5.74, 6) is -0.187. The Morgan fingerprint density at radius 3 is 2.76 bits per heavy atom. The van der Waals surface area contributed by atoms with Gasteiger partial charge in [-0.1, -0.05) is 15.9 Å². The maximum absolute atomic E-state index is 12.0. The van der Waals surface area contributed by atoms with Crippen LogP contribution in [0.4, 0.5) is 5.69 Å². The third kappa shape index (κ3) is 2.36. The van der Waals surface area contributed by atoms with E-state index in [1.807, 2.05) is 25.1 Å². The first-order valence-electron chi connectivity index (χ1n) is 5.34. The summed E-state index contributed by atoms with van der Waals surface area (Å²) < 4.78 is 6.00. The Labute approximate surface area is 108 Å². The Morgan fingerprint density at radius 1 is 1.59 bits per heavy atom. The molecule has 1 heterocycles. The summed E-state index contributed by atoms with van der Waals surface area (Å²) in [7, 11) is 0. The maximum Gasteiger partial charge on any atom is 0.237 e. The van der Waals surface area contributed by atoms with E-state index in [2.05, 4.69) is 21.2 Å². The van der Waals surface area contributed by atoms with Gasteiger partial charge in [-0.3, -0.25) is 4.79 Å². The molecular formula is C12H14BrNO3. The summed E-state index contributed by atoms with van der Waals surface area (Å²) in [6, 6.07) is 5.58. The molecule has 1 fully saturated rings. The van der Waals surface area contributed by atoms with E-state index in [4.69, 9.17) is 4.74 Å². The predicted octanol–water partition coefficient (Wildman–Crippen LogP) is 1.70. The number of rotatable bonds is 3. The van der Waals surface area contributed by atoms with Gasteiger partial charge in [-0.05, 0) is 30.7 Å². The number of ether oxygens (including phenoxy) is 1. The summed E-state index contributed by atoms with van der Waals surface area (Å²) in [6.45, 7) is 2.33. The van der Waals surface area contributed by atoms with Crippen molar-refractivity contribution < 1.29 is 14.6 Å². The second kappa shape index (κ2) is 4.76. The number of hydrogen-bond acceptors (Lipinski definition) is 3. The smallest absolute Gasteiger partial charge is 0.237 e. The number of benzene rings is 1. The number of nitrogens with one attached hydrogen (secondary N) is 1. The average molecular weight is 300 g/mol. The lowest BCUT2D eigenvalue weighted by atomic mass is 9.86. The Hall–Kier alpha value is -0.910. The van der Waals surface area contributed by atoms with Crippen LogP contribution in [-0.2, 0) is 9.53 Å². The first-order chi connectivity index (χ1) is 8.07. The fraction of sp³-hybridized carbons (Fsp3) is 0.417. The normalized spacial score (nSPS) is 17.4. The molecule has 1 aromatic carbocycles. The van der Waals surface area contributed by atoms with Crippen molar-refractivity contribution >= 4 is 27.5 Å². The molecule has 17 heavy (non-hydrogen) atoms. The first kappa shape index (κ1) is 12.5.